The second-order valence-electron chi connectivity index (χ2n) is 9.16. The minimum Gasteiger partial charge on any atom is -0.506 e. The normalized spacial score (nSPS) is 32.0. The Labute approximate surface area is 219 Å². The number of hydrogen-bond acceptors (Lipinski definition) is 9. The molecule has 3 heterocycles. The third kappa shape index (κ3) is 5.37. The van der Waals surface area contributed by atoms with E-state index in [2.05, 4.69) is 16.7 Å². The summed E-state index contributed by atoms with van der Waals surface area (Å²) in [6, 6.07) is 8.04. The van der Waals surface area contributed by atoms with E-state index >= 15 is 0 Å². The summed E-state index contributed by atoms with van der Waals surface area (Å²) in [4.78, 5) is 13.4. The van der Waals surface area contributed by atoms with E-state index in [-0.39, 0.29) is 17.9 Å². The predicted octanol–water partition coefficient (Wildman–Crippen LogP) is 2.21. The smallest absolute Gasteiger partial charge is 0.240 e. The molecule has 4 rings (SSSR count). The Morgan fingerprint density at radius 1 is 1.31 bits per heavy atom. The Morgan fingerprint density at radius 3 is 2.67 bits per heavy atom. The molecule has 3 aliphatic heterocycles. The van der Waals surface area contributed by atoms with Crippen molar-refractivity contribution in [3.63, 3.8) is 0 Å². The van der Waals surface area contributed by atoms with Gasteiger partial charge in [0.25, 0.3) is 0 Å². The summed E-state index contributed by atoms with van der Waals surface area (Å²) in [6.45, 7) is 2.58. The number of aliphatic hydroxyl groups is 3. The number of alkyl halides is 1. The van der Waals surface area contributed by atoms with Crippen LogP contribution >= 0.6 is 23.4 Å². The van der Waals surface area contributed by atoms with Gasteiger partial charge in [-0.25, -0.2) is 0 Å². The van der Waals surface area contributed by atoms with Gasteiger partial charge in [-0.15, -0.1) is 23.4 Å². The van der Waals surface area contributed by atoms with Crippen LogP contribution in [0.2, 0.25) is 0 Å². The van der Waals surface area contributed by atoms with Gasteiger partial charge in [0, 0.05) is 12.5 Å². The molecule has 8 atom stereocenters. The van der Waals surface area contributed by atoms with Crippen LogP contribution in [0.4, 0.5) is 0 Å². The molecule has 1 aromatic carbocycles. The number of thioether (sulfide) groups is 1. The monoisotopic (exact) mass is 535 g/mol. The van der Waals surface area contributed by atoms with E-state index in [1.165, 1.54) is 0 Å². The molecule has 0 aromatic heterocycles. The van der Waals surface area contributed by atoms with Gasteiger partial charge in [-0.05, 0) is 42.9 Å². The number of benzene rings is 1. The molecule has 3 aliphatic rings. The van der Waals surface area contributed by atoms with Crippen LogP contribution in [-0.4, -0.2) is 81.8 Å². The lowest BCUT2D eigenvalue weighted by atomic mass is 9.90. The summed E-state index contributed by atoms with van der Waals surface area (Å²) in [7, 11) is 0. The molecular formula is C25H30ClN3O6S. The highest BCUT2D eigenvalue weighted by atomic mass is 35.5. The van der Waals surface area contributed by atoms with Crippen LogP contribution in [0.25, 0.3) is 5.57 Å². The predicted molar refractivity (Wildman–Crippen MR) is 136 cm³/mol. The molecule has 1 saturated heterocycles. The average Bonchev–Trinajstić information content (AvgIpc) is 3.16. The molecule has 8 unspecified atom stereocenters. The molecule has 1 aromatic rings. The van der Waals surface area contributed by atoms with Gasteiger partial charge in [0.1, 0.15) is 18.2 Å². The number of ether oxygens (including phenoxy) is 2. The zero-order chi connectivity index (χ0) is 26.0. The maximum absolute atomic E-state index is 13.4. The Hall–Kier alpha value is -2.26. The number of rotatable bonds is 6. The molecule has 0 bridgehead atoms. The van der Waals surface area contributed by atoms with Crippen LogP contribution in [0.3, 0.4) is 0 Å². The maximum atomic E-state index is 13.4. The number of carbonyl (C=O) groups excluding carboxylic acids is 1. The van der Waals surface area contributed by atoms with Crippen molar-refractivity contribution in [2.45, 2.75) is 54.6 Å². The topological polar surface area (TPSA) is 144 Å². The summed E-state index contributed by atoms with van der Waals surface area (Å²) in [5.74, 6) is -1.33. The van der Waals surface area contributed by atoms with Crippen molar-refractivity contribution in [2.24, 2.45) is 5.92 Å². The molecule has 36 heavy (non-hydrogen) atoms. The Bertz CT molecular complexity index is 1070. The number of amides is 1. The first-order valence-corrected chi connectivity index (χ1v) is 13.4. The Kier molecular flexibility index (Phi) is 8.50. The van der Waals surface area contributed by atoms with E-state index < -0.39 is 46.6 Å². The highest BCUT2D eigenvalue weighted by Gasteiger charge is 2.46. The van der Waals surface area contributed by atoms with Crippen molar-refractivity contribution in [2.75, 3.05) is 19.4 Å². The molecular weight excluding hydrogens is 506 g/mol. The highest BCUT2D eigenvalue weighted by Crippen LogP contribution is 2.34. The van der Waals surface area contributed by atoms with Gasteiger partial charge in [0.2, 0.25) is 5.91 Å². The van der Waals surface area contributed by atoms with Crippen molar-refractivity contribution in [1.29, 1.82) is 5.26 Å². The van der Waals surface area contributed by atoms with Gasteiger partial charge in [-0.3, -0.25) is 4.79 Å². The van der Waals surface area contributed by atoms with Gasteiger partial charge < -0.3 is 35.4 Å². The van der Waals surface area contributed by atoms with Gasteiger partial charge >= 0.3 is 0 Å². The summed E-state index contributed by atoms with van der Waals surface area (Å²) in [6.07, 6.45) is 1.42. The Morgan fingerprint density at radius 2 is 2.03 bits per heavy atom. The fourth-order valence-corrected chi connectivity index (χ4v) is 5.73. The molecule has 11 heteroatoms. The van der Waals surface area contributed by atoms with E-state index in [1.807, 2.05) is 18.2 Å². The first-order valence-electron chi connectivity index (χ1n) is 11.7. The van der Waals surface area contributed by atoms with Crippen molar-refractivity contribution >= 4 is 34.8 Å². The highest BCUT2D eigenvalue weighted by molar-refractivity contribution is 7.99. The van der Waals surface area contributed by atoms with Crippen molar-refractivity contribution in [1.82, 2.24) is 10.6 Å². The molecule has 0 spiro atoms. The largest absolute Gasteiger partial charge is 0.506 e. The SMILES string of the molecule is CSC1OC(C(NC(=O)C2NCC3CC(c4ccc(C#N)cc4)=CCOC32)C(C)Cl)C(O)C(O)=C1O. The molecule has 1 amide bonds. The van der Waals surface area contributed by atoms with E-state index in [1.54, 1.807) is 25.3 Å². The van der Waals surface area contributed by atoms with Gasteiger partial charge in [-0.1, -0.05) is 18.2 Å². The Balaban J connectivity index is 1.45. The summed E-state index contributed by atoms with van der Waals surface area (Å²) in [5.41, 5.74) is 1.83. The first-order chi connectivity index (χ1) is 17.2. The third-order valence-corrected chi connectivity index (χ3v) is 7.92. The number of halogens is 1. The number of hydrogen-bond donors (Lipinski definition) is 5. The number of allylic oxidation sites excluding steroid dienone is 1. The van der Waals surface area contributed by atoms with E-state index in [0.29, 0.717) is 25.1 Å². The van der Waals surface area contributed by atoms with E-state index in [4.69, 9.17) is 26.3 Å². The van der Waals surface area contributed by atoms with Crippen LogP contribution in [0, 0.1) is 17.2 Å². The van der Waals surface area contributed by atoms with Crippen LogP contribution in [0.15, 0.2) is 41.9 Å². The van der Waals surface area contributed by atoms with Crippen molar-refractivity contribution < 1.29 is 29.6 Å². The number of aliphatic hydroxyl groups excluding tert-OH is 3. The molecule has 5 N–H and O–H groups in total. The minimum absolute atomic E-state index is 0.0540. The fraction of sp³-hybridized carbons (Fsp3) is 0.520. The second kappa shape index (κ2) is 11.4. The van der Waals surface area contributed by atoms with E-state index in [9.17, 15) is 20.1 Å². The van der Waals surface area contributed by atoms with Gasteiger partial charge in [-0.2, -0.15) is 5.26 Å². The quantitative estimate of drug-likeness (QED) is 0.346. The molecule has 0 saturated carbocycles. The number of nitriles is 1. The molecule has 0 radical (unpaired) electrons. The van der Waals surface area contributed by atoms with Crippen LogP contribution < -0.4 is 10.6 Å². The van der Waals surface area contributed by atoms with Crippen LogP contribution in [0.1, 0.15) is 24.5 Å². The number of nitrogens with one attached hydrogen (secondary N) is 2. The average molecular weight is 536 g/mol. The van der Waals surface area contributed by atoms with E-state index in [0.717, 1.165) is 22.9 Å². The molecule has 9 nitrogen and oxygen atoms in total. The second-order valence-corrected chi connectivity index (χ2v) is 10.8. The van der Waals surface area contributed by atoms with Gasteiger partial charge in [0.05, 0.1) is 35.8 Å². The zero-order valence-corrected chi connectivity index (χ0v) is 21.5. The third-order valence-electron chi connectivity index (χ3n) is 6.89. The summed E-state index contributed by atoms with van der Waals surface area (Å²) >= 11 is 7.53. The standard InChI is InChI=1S/C25H30ClN3O6S/c1-12(26)17(23-20(31)19(30)21(32)25(35-23)36-2)29-24(33)18-22-16(11-28-18)9-15(7-8-34-22)14-5-3-13(10-27)4-6-14/h3-7,12,16-18,20,22-23,25,28,30-32H,8-9,11H2,1-2H3,(H,29,33). The fourth-order valence-electron chi connectivity index (χ4n) is 4.94. The van der Waals surface area contributed by atoms with Crippen molar-refractivity contribution in [3.8, 4) is 6.07 Å². The lowest BCUT2D eigenvalue weighted by molar-refractivity contribution is -0.131. The zero-order valence-electron chi connectivity index (χ0n) is 19.9. The lowest BCUT2D eigenvalue weighted by Gasteiger charge is -2.38. The van der Waals surface area contributed by atoms with Crippen molar-refractivity contribution in [3.05, 3.63) is 53.0 Å². The minimum atomic E-state index is -1.54. The van der Waals surface area contributed by atoms with Crippen LogP contribution in [-0.2, 0) is 14.3 Å². The number of fused-ring (bicyclic) bond motifs is 1. The molecule has 1 fully saturated rings. The van der Waals surface area contributed by atoms with Gasteiger partial charge in [0.15, 0.2) is 17.0 Å². The summed E-state index contributed by atoms with van der Waals surface area (Å²) < 4.78 is 11.9. The maximum Gasteiger partial charge on any atom is 0.240 e. The number of nitrogens with zero attached hydrogens (tertiary/aromatic N) is 1. The molecule has 0 aliphatic carbocycles. The molecule has 194 valence electrons. The van der Waals surface area contributed by atoms with Crippen LogP contribution in [0.5, 0.6) is 0 Å². The lowest BCUT2D eigenvalue weighted by Crippen LogP contribution is -2.60. The summed E-state index contributed by atoms with van der Waals surface area (Å²) in [5, 5.41) is 45.3. The number of carbonyl (C=O) groups is 1. The first kappa shape index (κ1) is 26.8.